The van der Waals surface area contributed by atoms with Crippen LogP contribution in [0.1, 0.15) is 18.0 Å². The molecular formula is C18H21N2O5P. The average molecular weight is 376 g/mol. The maximum atomic E-state index is 12.5. The summed E-state index contributed by atoms with van der Waals surface area (Å²) in [6, 6.07) is 15.8. The van der Waals surface area contributed by atoms with E-state index in [1.807, 2.05) is 30.3 Å². The number of benzene rings is 2. The van der Waals surface area contributed by atoms with E-state index in [2.05, 4.69) is 0 Å². The molecule has 0 aromatic heterocycles. The highest BCUT2D eigenvalue weighted by Gasteiger charge is 2.32. The second kappa shape index (κ2) is 8.47. The van der Waals surface area contributed by atoms with Gasteiger partial charge in [0, 0.05) is 6.04 Å². The first kappa shape index (κ1) is 18.6. The van der Waals surface area contributed by atoms with Crippen LogP contribution in [0.25, 0.3) is 0 Å². The van der Waals surface area contributed by atoms with Crippen LogP contribution in [0.5, 0.6) is 5.75 Å². The van der Waals surface area contributed by atoms with Gasteiger partial charge in [-0.15, -0.1) is 0 Å². The molecule has 138 valence electrons. The number of carbonyl (C=O) groups is 1. The summed E-state index contributed by atoms with van der Waals surface area (Å²) in [5, 5.41) is 10.8. The molecule has 1 N–H and O–H groups in total. The molecule has 8 heteroatoms. The average Bonchev–Trinajstić information content (AvgIpc) is 2.69. The first-order valence-corrected chi connectivity index (χ1v) is 9.50. The molecule has 3 rings (SSSR count). The Morgan fingerprint density at radius 2 is 1.96 bits per heavy atom. The van der Waals surface area contributed by atoms with Crippen molar-refractivity contribution in [1.29, 1.82) is 0 Å². The number of hydrogen-bond acceptors (Lipinski definition) is 5. The molecule has 7 nitrogen and oxygen atoms in total. The first-order valence-electron chi connectivity index (χ1n) is 8.24. The van der Waals surface area contributed by atoms with Gasteiger partial charge in [-0.1, -0.05) is 30.3 Å². The van der Waals surface area contributed by atoms with Crippen LogP contribution in [0.4, 0.5) is 5.69 Å². The Bertz CT molecular complexity index is 769. The largest absolute Gasteiger partial charge is 0.497 e. The van der Waals surface area contributed by atoms with Crippen molar-refractivity contribution >= 4 is 19.8 Å². The van der Waals surface area contributed by atoms with E-state index in [1.54, 1.807) is 24.3 Å². The van der Waals surface area contributed by atoms with Crippen LogP contribution < -0.4 is 9.80 Å². The minimum atomic E-state index is -2.54. The van der Waals surface area contributed by atoms with Crippen LogP contribution in [0.15, 0.2) is 54.6 Å². The van der Waals surface area contributed by atoms with Gasteiger partial charge in [-0.05, 0) is 36.2 Å². The van der Waals surface area contributed by atoms with Crippen LogP contribution in [-0.2, 0) is 13.9 Å². The lowest BCUT2D eigenvalue weighted by atomic mass is 10.0. The molecule has 2 atom stereocenters. The van der Waals surface area contributed by atoms with E-state index >= 15 is 0 Å². The zero-order valence-electron chi connectivity index (χ0n) is 14.4. The molecule has 1 saturated heterocycles. The molecule has 1 amide bonds. The lowest BCUT2D eigenvalue weighted by molar-refractivity contribution is -0.124. The van der Waals surface area contributed by atoms with Crippen molar-refractivity contribution in [2.75, 3.05) is 25.3 Å². The van der Waals surface area contributed by atoms with Crippen molar-refractivity contribution in [2.24, 2.45) is 0 Å². The molecule has 0 aliphatic carbocycles. The van der Waals surface area contributed by atoms with Gasteiger partial charge in [0.2, 0.25) is 0 Å². The third-order valence-electron chi connectivity index (χ3n) is 4.27. The third-order valence-corrected chi connectivity index (χ3v) is 5.66. The molecule has 0 bridgehead atoms. The quantitative estimate of drug-likeness (QED) is 0.490. The summed E-state index contributed by atoms with van der Waals surface area (Å²) in [7, 11) is -1.01. The van der Waals surface area contributed by atoms with E-state index in [4.69, 9.17) is 9.26 Å². The smallest absolute Gasteiger partial charge is 0.265 e. The molecule has 26 heavy (non-hydrogen) atoms. The van der Waals surface area contributed by atoms with Crippen LogP contribution in [0.2, 0.25) is 0 Å². The Morgan fingerprint density at radius 1 is 1.27 bits per heavy atom. The third kappa shape index (κ3) is 4.14. The van der Waals surface area contributed by atoms with E-state index in [1.165, 1.54) is 11.8 Å². The number of rotatable bonds is 5. The van der Waals surface area contributed by atoms with Crippen molar-refractivity contribution < 1.29 is 23.8 Å². The Kier molecular flexibility index (Phi) is 6.06. The van der Waals surface area contributed by atoms with Gasteiger partial charge < -0.3 is 9.26 Å². The van der Waals surface area contributed by atoms with Crippen molar-refractivity contribution in [1.82, 2.24) is 4.67 Å². The van der Waals surface area contributed by atoms with Gasteiger partial charge in [-0.2, -0.15) is 5.06 Å². The minimum Gasteiger partial charge on any atom is -0.497 e. The predicted octanol–water partition coefficient (Wildman–Crippen LogP) is 3.27. The number of amides is 1. The molecule has 2 aromatic rings. The highest BCUT2D eigenvalue weighted by atomic mass is 31.1. The topological polar surface area (TPSA) is 79.3 Å². The number of anilines is 1. The fourth-order valence-electron chi connectivity index (χ4n) is 2.90. The van der Waals surface area contributed by atoms with Crippen molar-refractivity contribution in [3.05, 3.63) is 60.2 Å². The second-order valence-corrected chi connectivity index (χ2v) is 7.26. The summed E-state index contributed by atoms with van der Waals surface area (Å²) in [4.78, 5) is 12.5. The molecule has 1 fully saturated rings. The Morgan fingerprint density at radius 3 is 2.62 bits per heavy atom. The van der Waals surface area contributed by atoms with Gasteiger partial charge in [-0.25, -0.2) is 4.67 Å². The summed E-state index contributed by atoms with van der Waals surface area (Å²) in [5.41, 5.74) is 1.28. The molecule has 1 aliphatic rings. The van der Waals surface area contributed by atoms with Gasteiger partial charge in [0.15, 0.2) is 0 Å². The number of methoxy groups -OCH3 is 1. The Labute approximate surface area is 152 Å². The first-order chi connectivity index (χ1) is 12.6. The summed E-state index contributed by atoms with van der Waals surface area (Å²) in [6.45, 7) is 0.170. The van der Waals surface area contributed by atoms with Gasteiger partial charge in [-0.3, -0.25) is 14.6 Å². The molecule has 2 aromatic carbocycles. The van der Waals surface area contributed by atoms with Crippen LogP contribution in [0, 0.1) is 0 Å². The zero-order chi connectivity index (χ0) is 18.5. The standard InChI is InChI=1S/C18H21N2O5P/c1-24-16-9-7-15(8-10-16)20(22)18(21)13-19-17(11-12-25-26(19)23)14-5-3-2-4-6-14/h2-10,17,22,26H,11-13H2,1H3. The lowest BCUT2D eigenvalue weighted by Gasteiger charge is -2.34. The molecule has 2 unspecified atom stereocenters. The van der Waals surface area contributed by atoms with Crippen molar-refractivity contribution in [3.8, 4) is 5.75 Å². The predicted molar refractivity (Wildman–Crippen MR) is 97.7 cm³/mol. The number of nitrogens with zero attached hydrogens (tertiary/aromatic N) is 2. The second-order valence-electron chi connectivity index (χ2n) is 5.86. The minimum absolute atomic E-state index is 0.190. The van der Waals surface area contributed by atoms with E-state index < -0.39 is 14.1 Å². The fraction of sp³-hybridized carbons (Fsp3) is 0.278. The fourth-order valence-corrected chi connectivity index (χ4v) is 4.16. The summed E-state index contributed by atoms with van der Waals surface area (Å²) in [5.74, 6) is 0.0353. The van der Waals surface area contributed by atoms with Gasteiger partial charge in [0.05, 0.1) is 25.9 Å². The Balaban J connectivity index is 1.75. The van der Waals surface area contributed by atoms with Crippen molar-refractivity contribution in [2.45, 2.75) is 12.5 Å². The normalized spacial score (nSPS) is 20.5. The maximum absolute atomic E-state index is 12.5. The summed E-state index contributed by atoms with van der Waals surface area (Å²) < 4.78 is 24.2. The highest BCUT2D eigenvalue weighted by molar-refractivity contribution is 7.36. The van der Waals surface area contributed by atoms with E-state index in [0.29, 0.717) is 29.5 Å². The van der Waals surface area contributed by atoms with E-state index in [-0.39, 0.29) is 12.6 Å². The van der Waals surface area contributed by atoms with E-state index in [0.717, 1.165) is 5.56 Å². The SMILES string of the molecule is COc1ccc(N(O)C(=O)CN2C(c3ccccc3)CCO[PH]2=O)cc1. The van der Waals surface area contributed by atoms with Gasteiger partial charge >= 0.3 is 0 Å². The highest BCUT2D eigenvalue weighted by Crippen LogP contribution is 2.43. The Hall–Kier alpha value is -2.18. The van der Waals surface area contributed by atoms with Crippen LogP contribution in [-0.4, -0.2) is 36.0 Å². The lowest BCUT2D eigenvalue weighted by Crippen LogP contribution is -2.39. The molecule has 0 saturated carbocycles. The molecular weight excluding hydrogens is 355 g/mol. The number of hydroxylamine groups is 1. The summed E-state index contributed by atoms with van der Waals surface area (Å²) in [6.07, 6.45) is 0.627. The van der Waals surface area contributed by atoms with Crippen LogP contribution in [0.3, 0.4) is 0 Å². The molecule has 1 aliphatic heterocycles. The summed E-state index contributed by atoms with van der Waals surface area (Å²) >= 11 is 0. The monoisotopic (exact) mass is 376 g/mol. The van der Waals surface area contributed by atoms with Crippen molar-refractivity contribution in [3.63, 3.8) is 0 Å². The van der Waals surface area contributed by atoms with Crippen LogP contribution >= 0.6 is 8.18 Å². The molecule has 1 heterocycles. The van der Waals surface area contributed by atoms with Gasteiger partial charge in [0.25, 0.3) is 14.1 Å². The maximum Gasteiger partial charge on any atom is 0.265 e. The number of hydrogen-bond donors (Lipinski definition) is 1. The molecule has 0 spiro atoms. The molecule has 0 radical (unpaired) electrons. The zero-order valence-corrected chi connectivity index (χ0v) is 15.4. The van der Waals surface area contributed by atoms with E-state index in [9.17, 15) is 14.6 Å². The number of ether oxygens (including phenoxy) is 1. The van der Waals surface area contributed by atoms with Gasteiger partial charge in [0.1, 0.15) is 5.75 Å². The number of carbonyl (C=O) groups excluding carboxylic acids is 1.